The van der Waals surface area contributed by atoms with Crippen LogP contribution in [0.5, 0.6) is 23.0 Å². The van der Waals surface area contributed by atoms with E-state index in [9.17, 15) is 15.3 Å². The van der Waals surface area contributed by atoms with Crippen LogP contribution in [0, 0.1) is 10.1 Å². The van der Waals surface area contributed by atoms with E-state index in [4.69, 9.17) is 18.9 Å². The highest BCUT2D eigenvalue weighted by Crippen LogP contribution is 2.44. The Morgan fingerprint density at radius 3 is 1.86 bits per heavy atom. The zero-order valence-electron chi connectivity index (χ0n) is 16.3. The number of benzene rings is 2. The Morgan fingerprint density at radius 1 is 0.828 bits per heavy atom. The first kappa shape index (κ1) is 19.9. The molecule has 2 aromatic carbocycles. The lowest BCUT2D eigenvalue weighted by Gasteiger charge is -2.14. The third-order valence-corrected chi connectivity index (χ3v) is 4.48. The van der Waals surface area contributed by atoms with Gasteiger partial charge in [0, 0.05) is 17.2 Å². The molecular weight excluding hydrogens is 380 g/mol. The minimum atomic E-state index is -0.516. The van der Waals surface area contributed by atoms with E-state index in [2.05, 4.69) is 0 Å². The van der Waals surface area contributed by atoms with E-state index in [1.165, 1.54) is 53.0 Å². The van der Waals surface area contributed by atoms with Crippen molar-refractivity contribution < 1.29 is 29.1 Å². The van der Waals surface area contributed by atoms with E-state index in [-0.39, 0.29) is 11.4 Å². The molecule has 0 atom stereocenters. The average Bonchev–Trinajstić information content (AvgIpc) is 3.13. The number of hydrogen-bond donors (Lipinski definition) is 1. The van der Waals surface area contributed by atoms with E-state index < -0.39 is 4.92 Å². The zero-order valence-corrected chi connectivity index (χ0v) is 16.3. The third kappa shape index (κ3) is 3.62. The van der Waals surface area contributed by atoms with Gasteiger partial charge in [-0.2, -0.15) is 0 Å². The van der Waals surface area contributed by atoms with Crippen LogP contribution in [0.3, 0.4) is 0 Å². The van der Waals surface area contributed by atoms with Gasteiger partial charge in [-0.25, -0.2) is 4.73 Å². The van der Waals surface area contributed by atoms with E-state index in [0.717, 1.165) is 4.73 Å². The van der Waals surface area contributed by atoms with Crippen molar-refractivity contribution in [2.45, 2.75) is 0 Å². The maximum Gasteiger partial charge on any atom is 0.311 e. The summed E-state index contributed by atoms with van der Waals surface area (Å²) in [4.78, 5) is 10.9. The molecule has 0 aliphatic carbocycles. The lowest BCUT2D eigenvalue weighted by molar-refractivity contribution is -0.385. The Labute approximate surface area is 166 Å². The highest BCUT2D eigenvalue weighted by molar-refractivity contribution is 5.86. The second-order valence-electron chi connectivity index (χ2n) is 6.02. The van der Waals surface area contributed by atoms with Gasteiger partial charge < -0.3 is 24.2 Å². The summed E-state index contributed by atoms with van der Waals surface area (Å²) >= 11 is 0. The molecule has 1 N–H and O–H groups in total. The van der Waals surface area contributed by atoms with E-state index >= 15 is 0 Å². The van der Waals surface area contributed by atoms with Gasteiger partial charge in [0.15, 0.2) is 17.2 Å². The van der Waals surface area contributed by atoms with Crippen molar-refractivity contribution in [2.24, 2.45) is 0 Å². The van der Waals surface area contributed by atoms with Gasteiger partial charge in [-0.15, -0.1) is 0 Å². The van der Waals surface area contributed by atoms with Crippen LogP contribution >= 0.6 is 0 Å². The first-order valence-electron chi connectivity index (χ1n) is 8.47. The molecule has 3 rings (SSSR count). The molecule has 0 aliphatic rings. The molecule has 29 heavy (non-hydrogen) atoms. The maximum atomic E-state index is 11.4. The SMILES string of the molecule is COc1ccc(-c2cn(O)cc2-c2cc(OC)c(OC)c(OC)c2)cc1[N+](=O)[O-]. The fraction of sp³-hybridized carbons (Fsp3) is 0.200. The quantitative estimate of drug-likeness (QED) is 0.363. The molecule has 0 saturated carbocycles. The Morgan fingerprint density at radius 2 is 1.38 bits per heavy atom. The third-order valence-electron chi connectivity index (χ3n) is 4.48. The highest BCUT2D eigenvalue weighted by Gasteiger charge is 2.21. The Kier molecular flexibility index (Phi) is 5.49. The number of hydrogen-bond acceptors (Lipinski definition) is 7. The monoisotopic (exact) mass is 400 g/mol. The summed E-state index contributed by atoms with van der Waals surface area (Å²) < 4.78 is 22.1. The fourth-order valence-corrected chi connectivity index (χ4v) is 3.14. The summed E-state index contributed by atoms with van der Waals surface area (Å²) in [6.07, 6.45) is 2.95. The molecule has 0 saturated heterocycles. The Balaban J connectivity index is 2.21. The minimum absolute atomic E-state index is 0.150. The second-order valence-corrected chi connectivity index (χ2v) is 6.02. The smallest absolute Gasteiger partial charge is 0.311 e. The van der Waals surface area contributed by atoms with Crippen LogP contribution in [0.15, 0.2) is 42.7 Å². The highest BCUT2D eigenvalue weighted by atomic mass is 16.6. The first-order valence-corrected chi connectivity index (χ1v) is 8.47. The first-order chi connectivity index (χ1) is 13.9. The van der Waals surface area contributed by atoms with Crippen LogP contribution in [0.2, 0.25) is 0 Å². The lowest BCUT2D eigenvalue weighted by Crippen LogP contribution is -1.96. The van der Waals surface area contributed by atoms with Crippen molar-refractivity contribution in [1.82, 2.24) is 4.73 Å². The van der Waals surface area contributed by atoms with Crippen LogP contribution in [0.25, 0.3) is 22.3 Å². The van der Waals surface area contributed by atoms with Crippen LogP contribution < -0.4 is 18.9 Å². The van der Waals surface area contributed by atoms with Gasteiger partial charge in [-0.05, 0) is 29.3 Å². The summed E-state index contributed by atoms with van der Waals surface area (Å²) in [5, 5.41) is 21.4. The minimum Gasteiger partial charge on any atom is -0.493 e. The molecule has 0 fully saturated rings. The number of methoxy groups -OCH3 is 4. The summed E-state index contributed by atoms with van der Waals surface area (Å²) in [7, 11) is 5.89. The molecule has 1 aromatic heterocycles. The molecule has 0 amide bonds. The van der Waals surface area contributed by atoms with Gasteiger partial charge >= 0.3 is 5.69 Å². The predicted molar refractivity (Wildman–Crippen MR) is 105 cm³/mol. The van der Waals surface area contributed by atoms with Crippen LogP contribution in [0.1, 0.15) is 0 Å². The number of rotatable bonds is 7. The number of nitro groups is 1. The van der Waals surface area contributed by atoms with Crippen molar-refractivity contribution in [3.8, 4) is 45.3 Å². The predicted octanol–water partition coefficient (Wildman–Crippen LogP) is 4.00. The Bertz CT molecular complexity index is 1030. The topological polar surface area (TPSA) is 105 Å². The summed E-state index contributed by atoms with van der Waals surface area (Å²) in [6, 6.07) is 8.07. The van der Waals surface area contributed by atoms with Gasteiger partial charge in [0.25, 0.3) is 0 Å². The van der Waals surface area contributed by atoms with E-state index in [1.54, 1.807) is 18.2 Å². The lowest BCUT2D eigenvalue weighted by atomic mass is 9.98. The molecule has 0 radical (unpaired) electrons. The molecule has 9 nitrogen and oxygen atoms in total. The van der Waals surface area contributed by atoms with E-state index in [1.807, 2.05) is 0 Å². The average molecular weight is 400 g/mol. The second kappa shape index (κ2) is 8.01. The summed E-state index contributed by atoms with van der Waals surface area (Å²) in [6.45, 7) is 0. The van der Waals surface area contributed by atoms with Gasteiger partial charge in [-0.3, -0.25) is 10.1 Å². The normalized spacial score (nSPS) is 10.5. The standard InChI is InChI=1S/C20H20N2O7/c1-26-17-6-5-12(7-16(17)22(24)25)14-10-21(23)11-15(14)13-8-18(27-2)20(29-4)19(9-13)28-3/h5-11,23H,1-4H3. The maximum absolute atomic E-state index is 11.4. The van der Waals surface area contributed by atoms with Crippen molar-refractivity contribution in [2.75, 3.05) is 28.4 Å². The molecule has 0 bridgehead atoms. The molecule has 0 aliphatic heterocycles. The van der Waals surface area contributed by atoms with Crippen LogP contribution in [-0.2, 0) is 0 Å². The largest absolute Gasteiger partial charge is 0.493 e. The molecule has 0 unspecified atom stereocenters. The Hall–Kier alpha value is -3.88. The molecule has 0 spiro atoms. The van der Waals surface area contributed by atoms with Gasteiger partial charge in [0.1, 0.15) is 0 Å². The number of nitro benzene ring substituents is 1. The molecule has 152 valence electrons. The van der Waals surface area contributed by atoms with Crippen LogP contribution in [0.4, 0.5) is 5.69 Å². The number of aromatic nitrogens is 1. The van der Waals surface area contributed by atoms with Crippen LogP contribution in [-0.4, -0.2) is 43.3 Å². The number of ether oxygens (including phenoxy) is 4. The van der Waals surface area contributed by atoms with Crippen molar-refractivity contribution in [1.29, 1.82) is 0 Å². The zero-order chi connectivity index (χ0) is 21.1. The van der Waals surface area contributed by atoms with E-state index in [0.29, 0.717) is 39.5 Å². The molecular formula is C20H20N2O7. The van der Waals surface area contributed by atoms with Crippen molar-refractivity contribution in [3.05, 3.63) is 52.8 Å². The van der Waals surface area contributed by atoms with Crippen molar-refractivity contribution in [3.63, 3.8) is 0 Å². The number of nitrogens with zero attached hydrogens (tertiary/aromatic N) is 2. The molecule has 3 aromatic rings. The molecule has 9 heteroatoms. The van der Waals surface area contributed by atoms with Gasteiger partial charge in [0.2, 0.25) is 5.75 Å². The summed E-state index contributed by atoms with van der Waals surface area (Å²) in [5.74, 6) is 1.47. The fourth-order valence-electron chi connectivity index (χ4n) is 3.14. The summed E-state index contributed by atoms with van der Waals surface area (Å²) in [5.41, 5.74) is 2.22. The molecule has 1 heterocycles. The van der Waals surface area contributed by atoms with Gasteiger partial charge in [-0.1, -0.05) is 6.07 Å². The van der Waals surface area contributed by atoms with Crippen molar-refractivity contribution >= 4 is 5.69 Å². The van der Waals surface area contributed by atoms with Gasteiger partial charge in [0.05, 0.1) is 45.8 Å².